The van der Waals surface area contributed by atoms with Gasteiger partial charge in [-0.15, -0.1) is 0 Å². The van der Waals surface area contributed by atoms with Crippen LogP contribution in [0.3, 0.4) is 0 Å². The first-order valence-corrected chi connectivity index (χ1v) is 5.19. The van der Waals surface area contributed by atoms with Crippen LogP contribution in [0.15, 0.2) is 24.3 Å². The van der Waals surface area contributed by atoms with Gasteiger partial charge < -0.3 is 9.47 Å². The number of ether oxygens (including phenoxy) is 2. The topological polar surface area (TPSA) is 18.5 Å². The molecule has 1 aliphatic heterocycles. The monoisotopic (exact) mass is 190 g/mol. The van der Waals surface area contributed by atoms with E-state index in [2.05, 4.69) is 24.3 Å². The van der Waals surface area contributed by atoms with E-state index in [4.69, 9.17) is 9.47 Å². The molecule has 0 spiro atoms. The van der Waals surface area contributed by atoms with Crippen molar-refractivity contribution >= 4 is 0 Å². The van der Waals surface area contributed by atoms with E-state index >= 15 is 0 Å². The van der Waals surface area contributed by atoms with Crippen LogP contribution in [-0.2, 0) is 15.9 Å². The maximum atomic E-state index is 5.81. The van der Waals surface area contributed by atoms with Crippen molar-refractivity contribution in [2.24, 2.45) is 5.92 Å². The van der Waals surface area contributed by atoms with Gasteiger partial charge in [0.25, 0.3) is 0 Å². The number of hydrogen-bond donors (Lipinski definition) is 0. The molecule has 1 saturated heterocycles. The summed E-state index contributed by atoms with van der Waals surface area (Å²) in [6.07, 6.45) is 1.32. The summed E-state index contributed by atoms with van der Waals surface area (Å²) in [7, 11) is 0. The van der Waals surface area contributed by atoms with Crippen LogP contribution >= 0.6 is 0 Å². The fourth-order valence-electron chi connectivity index (χ4n) is 2.48. The van der Waals surface area contributed by atoms with Crippen molar-refractivity contribution in [1.82, 2.24) is 0 Å². The molecule has 0 bridgehead atoms. The normalized spacial score (nSPS) is 35.1. The van der Waals surface area contributed by atoms with Gasteiger partial charge in [0.05, 0.1) is 12.7 Å². The van der Waals surface area contributed by atoms with Crippen molar-refractivity contribution in [3.05, 3.63) is 35.4 Å². The lowest BCUT2D eigenvalue weighted by Crippen LogP contribution is -2.30. The third-order valence-corrected chi connectivity index (χ3v) is 3.16. The van der Waals surface area contributed by atoms with Crippen molar-refractivity contribution in [2.75, 3.05) is 6.61 Å². The van der Waals surface area contributed by atoms with Crippen LogP contribution in [0, 0.1) is 5.92 Å². The lowest BCUT2D eigenvalue weighted by atomic mass is 10.0. The van der Waals surface area contributed by atoms with Crippen LogP contribution in [0.4, 0.5) is 0 Å². The summed E-state index contributed by atoms with van der Waals surface area (Å²) in [5.74, 6) is 0.531. The Balaban J connectivity index is 1.97. The predicted molar refractivity (Wildman–Crippen MR) is 52.9 cm³/mol. The zero-order valence-electron chi connectivity index (χ0n) is 8.27. The lowest BCUT2D eigenvalue weighted by Gasteiger charge is -2.31. The minimum absolute atomic E-state index is 0.0533. The summed E-state index contributed by atoms with van der Waals surface area (Å²) in [4.78, 5) is 0. The molecule has 0 aromatic heterocycles. The van der Waals surface area contributed by atoms with Gasteiger partial charge in [0.15, 0.2) is 6.29 Å². The van der Waals surface area contributed by atoms with Crippen molar-refractivity contribution in [3.8, 4) is 0 Å². The van der Waals surface area contributed by atoms with Crippen molar-refractivity contribution in [2.45, 2.75) is 25.7 Å². The van der Waals surface area contributed by atoms with Crippen molar-refractivity contribution in [3.63, 3.8) is 0 Å². The van der Waals surface area contributed by atoms with Crippen molar-refractivity contribution < 1.29 is 9.47 Å². The molecular weight excluding hydrogens is 176 g/mol. The van der Waals surface area contributed by atoms with Crippen LogP contribution in [0.2, 0.25) is 0 Å². The van der Waals surface area contributed by atoms with E-state index in [1.54, 1.807) is 0 Å². The molecule has 0 radical (unpaired) electrons. The van der Waals surface area contributed by atoms with E-state index < -0.39 is 0 Å². The molecule has 2 heteroatoms. The van der Waals surface area contributed by atoms with Gasteiger partial charge in [-0.1, -0.05) is 24.3 Å². The lowest BCUT2D eigenvalue weighted by molar-refractivity contribution is -0.225. The highest BCUT2D eigenvalue weighted by molar-refractivity contribution is 5.35. The summed E-state index contributed by atoms with van der Waals surface area (Å²) >= 11 is 0. The van der Waals surface area contributed by atoms with E-state index in [-0.39, 0.29) is 12.4 Å². The molecule has 3 atom stereocenters. The summed E-state index contributed by atoms with van der Waals surface area (Å²) in [6, 6.07) is 8.56. The van der Waals surface area contributed by atoms with Crippen LogP contribution in [0.5, 0.6) is 0 Å². The molecule has 0 saturated carbocycles. The molecule has 1 aromatic rings. The van der Waals surface area contributed by atoms with E-state index in [9.17, 15) is 0 Å². The number of hydrogen-bond acceptors (Lipinski definition) is 2. The molecular formula is C12H14O2. The Kier molecular flexibility index (Phi) is 1.85. The van der Waals surface area contributed by atoms with E-state index in [1.807, 2.05) is 6.92 Å². The third-order valence-electron chi connectivity index (χ3n) is 3.16. The van der Waals surface area contributed by atoms with Crippen LogP contribution in [0.25, 0.3) is 0 Å². The zero-order valence-corrected chi connectivity index (χ0v) is 8.27. The second-order valence-electron chi connectivity index (χ2n) is 4.12. The molecule has 2 aliphatic rings. The first-order chi connectivity index (χ1) is 6.84. The predicted octanol–water partition coefficient (Wildman–Crippen LogP) is 2.29. The molecule has 3 rings (SSSR count). The molecule has 1 heterocycles. The van der Waals surface area contributed by atoms with E-state index in [0.29, 0.717) is 5.92 Å². The average Bonchev–Trinajstić information content (AvgIpc) is 2.56. The molecule has 0 N–H and O–H groups in total. The third kappa shape index (κ3) is 1.18. The maximum Gasteiger partial charge on any atom is 0.155 e. The summed E-state index contributed by atoms with van der Waals surface area (Å²) in [6.45, 7) is 2.80. The summed E-state index contributed by atoms with van der Waals surface area (Å²) < 4.78 is 11.3. The highest BCUT2D eigenvalue weighted by Crippen LogP contribution is 2.41. The smallest absolute Gasteiger partial charge is 0.155 e. The Hall–Kier alpha value is -0.860. The van der Waals surface area contributed by atoms with Gasteiger partial charge in [0.2, 0.25) is 0 Å². The van der Waals surface area contributed by atoms with Gasteiger partial charge in [-0.2, -0.15) is 0 Å². The van der Waals surface area contributed by atoms with Gasteiger partial charge in [-0.3, -0.25) is 0 Å². The van der Waals surface area contributed by atoms with Crippen LogP contribution in [-0.4, -0.2) is 12.9 Å². The van der Waals surface area contributed by atoms with Gasteiger partial charge in [0, 0.05) is 5.92 Å². The number of fused-ring (bicyclic) bond motifs is 3. The zero-order chi connectivity index (χ0) is 9.54. The SMILES string of the molecule is C[C@H]1OC[C@H]2Cc3ccccc3[C@H]2O1. The summed E-state index contributed by atoms with van der Waals surface area (Å²) in [5.41, 5.74) is 2.80. The van der Waals surface area contributed by atoms with Crippen molar-refractivity contribution in [1.29, 1.82) is 0 Å². The average molecular weight is 190 g/mol. The highest BCUT2D eigenvalue weighted by Gasteiger charge is 2.37. The van der Waals surface area contributed by atoms with Gasteiger partial charge in [-0.25, -0.2) is 0 Å². The second kappa shape index (κ2) is 3.07. The summed E-state index contributed by atoms with van der Waals surface area (Å²) in [5, 5.41) is 0. The van der Waals surface area contributed by atoms with Gasteiger partial charge >= 0.3 is 0 Å². The van der Waals surface area contributed by atoms with Crippen LogP contribution in [0.1, 0.15) is 24.2 Å². The molecule has 0 unspecified atom stereocenters. The van der Waals surface area contributed by atoms with Gasteiger partial charge in [-0.05, 0) is 24.5 Å². The number of rotatable bonds is 0. The maximum absolute atomic E-state index is 5.81. The molecule has 2 nitrogen and oxygen atoms in total. The Morgan fingerprint density at radius 3 is 3.07 bits per heavy atom. The molecule has 74 valence electrons. The Bertz CT molecular complexity index is 348. The number of benzene rings is 1. The van der Waals surface area contributed by atoms with E-state index in [0.717, 1.165) is 13.0 Å². The Morgan fingerprint density at radius 1 is 1.29 bits per heavy atom. The fourth-order valence-corrected chi connectivity index (χ4v) is 2.48. The minimum Gasteiger partial charge on any atom is -0.353 e. The van der Waals surface area contributed by atoms with Gasteiger partial charge in [0.1, 0.15) is 0 Å². The molecule has 1 fully saturated rings. The second-order valence-corrected chi connectivity index (χ2v) is 4.12. The molecule has 14 heavy (non-hydrogen) atoms. The molecule has 1 aromatic carbocycles. The standard InChI is InChI=1S/C12H14O2/c1-8-13-7-10-6-9-4-2-3-5-11(9)12(10)14-8/h2-5,8,10,12H,6-7H2,1H3/t8-,10+,12-/m0/s1. The van der Waals surface area contributed by atoms with Crippen LogP contribution < -0.4 is 0 Å². The minimum atomic E-state index is -0.0533. The molecule has 0 amide bonds. The fraction of sp³-hybridized carbons (Fsp3) is 0.500. The first kappa shape index (κ1) is 8.45. The van der Waals surface area contributed by atoms with E-state index in [1.165, 1.54) is 11.1 Å². The first-order valence-electron chi connectivity index (χ1n) is 5.19. The highest BCUT2D eigenvalue weighted by atomic mass is 16.7. The largest absolute Gasteiger partial charge is 0.353 e. The molecule has 1 aliphatic carbocycles. The quantitative estimate of drug-likeness (QED) is 0.625. The Labute approximate surface area is 83.8 Å². The Morgan fingerprint density at radius 2 is 2.14 bits per heavy atom.